The van der Waals surface area contributed by atoms with Crippen LogP contribution in [0.2, 0.25) is 5.02 Å². The molecule has 21 heavy (non-hydrogen) atoms. The maximum absolute atomic E-state index is 6.24. The Hall–Kier alpha value is -1.09. The summed E-state index contributed by atoms with van der Waals surface area (Å²) in [6.07, 6.45) is 1.78. The molecule has 0 amide bonds. The first-order valence-electron chi connectivity index (χ1n) is 6.90. The number of hydrogen-bond acceptors (Lipinski definition) is 2. The second kappa shape index (κ2) is 6.78. The molecule has 1 atom stereocenters. The van der Waals surface area contributed by atoms with Gasteiger partial charge in [0.2, 0.25) is 0 Å². The van der Waals surface area contributed by atoms with E-state index in [4.69, 9.17) is 28.2 Å². The van der Waals surface area contributed by atoms with Crippen molar-refractivity contribution in [1.29, 1.82) is 0 Å². The van der Waals surface area contributed by atoms with Crippen LogP contribution in [0.25, 0.3) is 10.2 Å². The lowest BCUT2D eigenvalue weighted by Gasteiger charge is -2.13. The van der Waals surface area contributed by atoms with Gasteiger partial charge in [-0.1, -0.05) is 41.9 Å². The van der Waals surface area contributed by atoms with Crippen LogP contribution in [0.1, 0.15) is 10.6 Å². The molecule has 1 nitrogen and oxygen atoms in total. The summed E-state index contributed by atoms with van der Waals surface area (Å²) in [5.74, 6) is 0.966. The molecule has 0 saturated carbocycles. The van der Waals surface area contributed by atoms with E-state index in [0.717, 1.165) is 34.0 Å². The molecule has 0 saturated heterocycles. The van der Waals surface area contributed by atoms with Crippen molar-refractivity contribution in [1.82, 2.24) is 4.98 Å². The summed E-state index contributed by atoms with van der Waals surface area (Å²) in [5, 5.41) is 1.96. The van der Waals surface area contributed by atoms with Gasteiger partial charge in [0.1, 0.15) is 0 Å². The predicted molar refractivity (Wildman–Crippen MR) is 92.7 cm³/mol. The molecule has 3 aromatic rings. The number of para-hydroxylation sites is 1. The molecule has 0 spiro atoms. The van der Waals surface area contributed by atoms with Gasteiger partial charge in [-0.05, 0) is 36.1 Å². The summed E-state index contributed by atoms with van der Waals surface area (Å²) in [4.78, 5) is 4.69. The van der Waals surface area contributed by atoms with Crippen LogP contribution < -0.4 is 0 Å². The van der Waals surface area contributed by atoms with Gasteiger partial charge < -0.3 is 0 Å². The van der Waals surface area contributed by atoms with Gasteiger partial charge >= 0.3 is 0 Å². The first kappa shape index (κ1) is 14.8. The smallest absolute Gasteiger partial charge is 0.0941 e. The second-order valence-electron chi connectivity index (χ2n) is 5.10. The van der Waals surface area contributed by atoms with Crippen molar-refractivity contribution in [2.24, 2.45) is 5.92 Å². The first-order valence-corrected chi connectivity index (χ1v) is 8.63. The molecule has 4 heteroatoms. The summed E-state index contributed by atoms with van der Waals surface area (Å²) in [6.45, 7) is 0. The fraction of sp³-hybridized carbons (Fsp3) is 0.235. The Bertz CT molecular complexity index is 705. The van der Waals surface area contributed by atoms with Crippen LogP contribution in [-0.2, 0) is 12.8 Å². The van der Waals surface area contributed by atoms with Crippen molar-refractivity contribution in [3.05, 3.63) is 64.1 Å². The van der Waals surface area contributed by atoms with Gasteiger partial charge in [0.05, 0.1) is 15.2 Å². The molecule has 0 radical (unpaired) electrons. The predicted octanol–water partition coefficient (Wildman–Crippen LogP) is 5.59. The standard InChI is InChI=1S/C17H15Cl2NS/c18-11-12(9-13-5-1-2-6-14(13)19)10-17-20-15-7-3-4-8-16(15)21-17/h1-8,12H,9-11H2. The van der Waals surface area contributed by atoms with Gasteiger partial charge in [-0.25, -0.2) is 4.98 Å². The first-order chi connectivity index (χ1) is 10.3. The molecule has 0 bridgehead atoms. The minimum atomic E-state index is 0.354. The zero-order valence-corrected chi connectivity index (χ0v) is 13.8. The zero-order valence-electron chi connectivity index (χ0n) is 11.4. The van der Waals surface area contributed by atoms with E-state index in [1.54, 1.807) is 11.3 Å². The molecule has 0 aliphatic rings. The van der Waals surface area contributed by atoms with Crippen molar-refractivity contribution in [3.8, 4) is 0 Å². The molecule has 0 aliphatic heterocycles. The number of rotatable bonds is 5. The van der Waals surface area contributed by atoms with Gasteiger partial charge in [0.25, 0.3) is 0 Å². The molecule has 0 N–H and O–H groups in total. The molecule has 1 aromatic heterocycles. The number of thiazole rings is 1. The minimum Gasteiger partial charge on any atom is -0.241 e. The Labute approximate surface area is 138 Å². The molecule has 1 heterocycles. The van der Waals surface area contributed by atoms with E-state index in [9.17, 15) is 0 Å². The number of alkyl halides is 1. The average molecular weight is 336 g/mol. The second-order valence-corrected chi connectivity index (χ2v) is 6.93. The summed E-state index contributed by atoms with van der Waals surface area (Å²) in [5.41, 5.74) is 2.23. The highest BCUT2D eigenvalue weighted by Crippen LogP contribution is 2.26. The Morgan fingerprint density at radius 3 is 2.52 bits per heavy atom. The average Bonchev–Trinajstić information content (AvgIpc) is 2.91. The number of nitrogens with zero attached hydrogens (tertiary/aromatic N) is 1. The minimum absolute atomic E-state index is 0.354. The SMILES string of the molecule is ClCC(Cc1nc2ccccc2s1)Cc1ccccc1Cl. The summed E-state index contributed by atoms with van der Waals surface area (Å²) < 4.78 is 1.23. The summed E-state index contributed by atoms with van der Waals surface area (Å²) >= 11 is 14.1. The molecule has 3 rings (SSSR count). The van der Waals surface area contributed by atoms with E-state index in [1.165, 1.54) is 4.70 Å². The van der Waals surface area contributed by atoms with Gasteiger partial charge in [-0.3, -0.25) is 0 Å². The van der Waals surface area contributed by atoms with Gasteiger partial charge in [-0.15, -0.1) is 22.9 Å². The monoisotopic (exact) mass is 335 g/mol. The van der Waals surface area contributed by atoms with Gasteiger partial charge in [-0.2, -0.15) is 0 Å². The van der Waals surface area contributed by atoms with Crippen LogP contribution in [0.3, 0.4) is 0 Å². The van der Waals surface area contributed by atoms with E-state index in [2.05, 4.69) is 18.2 Å². The van der Waals surface area contributed by atoms with Crippen LogP contribution in [0.4, 0.5) is 0 Å². The lowest BCUT2D eigenvalue weighted by atomic mass is 9.98. The van der Waals surface area contributed by atoms with Crippen molar-refractivity contribution < 1.29 is 0 Å². The Morgan fingerprint density at radius 2 is 1.76 bits per heavy atom. The molecular formula is C17H15Cl2NS. The molecule has 2 aromatic carbocycles. The third-order valence-corrected chi connectivity index (χ3v) is 5.35. The lowest BCUT2D eigenvalue weighted by Crippen LogP contribution is -2.10. The topological polar surface area (TPSA) is 12.9 Å². The Kier molecular flexibility index (Phi) is 4.79. The van der Waals surface area contributed by atoms with Crippen LogP contribution in [0, 0.1) is 5.92 Å². The fourth-order valence-corrected chi connectivity index (χ4v) is 3.92. The quantitative estimate of drug-likeness (QED) is 0.554. The summed E-state index contributed by atoms with van der Waals surface area (Å²) in [7, 11) is 0. The normalized spacial score (nSPS) is 12.7. The molecule has 1 unspecified atom stereocenters. The highest BCUT2D eigenvalue weighted by atomic mass is 35.5. The maximum atomic E-state index is 6.24. The number of benzene rings is 2. The number of hydrogen-bond donors (Lipinski definition) is 0. The van der Waals surface area contributed by atoms with Crippen molar-refractivity contribution in [2.45, 2.75) is 12.8 Å². The van der Waals surface area contributed by atoms with Gasteiger partial charge in [0, 0.05) is 17.3 Å². The largest absolute Gasteiger partial charge is 0.241 e. The van der Waals surface area contributed by atoms with Crippen molar-refractivity contribution >= 4 is 44.8 Å². The fourth-order valence-electron chi connectivity index (χ4n) is 2.41. The number of aromatic nitrogens is 1. The van der Waals surface area contributed by atoms with Crippen LogP contribution in [0.5, 0.6) is 0 Å². The highest BCUT2D eigenvalue weighted by Gasteiger charge is 2.14. The third kappa shape index (κ3) is 3.57. The maximum Gasteiger partial charge on any atom is 0.0941 e. The number of halogens is 2. The van der Waals surface area contributed by atoms with Crippen molar-refractivity contribution in [2.75, 3.05) is 5.88 Å². The molecule has 0 aliphatic carbocycles. The van der Waals surface area contributed by atoms with Gasteiger partial charge in [0.15, 0.2) is 0 Å². The molecule has 108 valence electrons. The van der Waals surface area contributed by atoms with E-state index in [1.807, 2.05) is 30.3 Å². The van der Waals surface area contributed by atoms with E-state index < -0.39 is 0 Å². The number of fused-ring (bicyclic) bond motifs is 1. The molecule has 0 fully saturated rings. The van der Waals surface area contributed by atoms with E-state index >= 15 is 0 Å². The lowest BCUT2D eigenvalue weighted by molar-refractivity contribution is 0.583. The van der Waals surface area contributed by atoms with Crippen LogP contribution >= 0.6 is 34.5 Å². The highest BCUT2D eigenvalue weighted by molar-refractivity contribution is 7.18. The van der Waals surface area contributed by atoms with E-state index in [0.29, 0.717) is 11.8 Å². The molecular weight excluding hydrogens is 321 g/mol. The van der Waals surface area contributed by atoms with Crippen LogP contribution in [-0.4, -0.2) is 10.9 Å². The third-order valence-electron chi connectivity index (χ3n) is 3.49. The Balaban J connectivity index is 1.76. The zero-order chi connectivity index (χ0) is 14.7. The van der Waals surface area contributed by atoms with Crippen molar-refractivity contribution in [3.63, 3.8) is 0 Å². The van der Waals surface area contributed by atoms with Crippen LogP contribution in [0.15, 0.2) is 48.5 Å². The Morgan fingerprint density at radius 1 is 1.00 bits per heavy atom. The summed E-state index contributed by atoms with van der Waals surface area (Å²) in [6, 6.07) is 16.2. The van der Waals surface area contributed by atoms with E-state index in [-0.39, 0.29) is 0 Å².